The molecular weight excluding hydrogens is 316 g/mol. The average molecular weight is 336 g/mol. The molecule has 0 aliphatic rings. The highest BCUT2D eigenvalue weighted by Gasteiger charge is 2.07. The summed E-state index contributed by atoms with van der Waals surface area (Å²) in [5.74, 6) is 1.39. The van der Waals surface area contributed by atoms with Gasteiger partial charge < -0.3 is 10.1 Å². The lowest BCUT2D eigenvalue weighted by Gasteiger charge is -2.12. The standard InChI is InChI=1S/C19H20N4O2/c1-14-4-3-5-15(2)19(14)25-12-18(24)22-11-16-6-7-17(21-10-16)23-9-8-20-13-23/h3-10,13H,11-12H2,1-2H3,(H,22,24). The molecule has 0 aliphatic heterocycles. The second kappa shape index (κ2) is 7.61. The molecule has 0 saturated carbocycles. The summed E-state index contributed by atoms with van der Waals surface area (Å²) in [5, 5.41) is 2.84. The van der Waals surface area contributed by atoms with Gasteiger partial charge in [0.05, 0.1) is 0 Å². The molecule has 25 heavy (non-hydrogen) atoms. The third kappa shape index (κ3) is 4.23. The van der Waals surface area contributed by atoms with Crippen molar-refractivity contribution in [1.82, 2.24) is 19.9 Å². The van der Waals surface area contributed by atoms with Gasteiger partial charge in [-0.05, 0) is 36.6 Å². The van der Waals surface area contributed by atoms with Crippen LogP contribution in [0.25, 0.3) is 5.82 Å². The van der Waals surface area contributed by atoms with E-state index in [0.29, 0.717) is 6.54 Å². The monoisotopic (exact) mass is 336 g/mol. The molecule has 0 radical (unpaired) electrons. The summed E-state index contributed by atoms with van der Waals surface area (Å²) in [6.45, 7) is 4.33. The van der Waals surface area contributed by atoms with Crippen molar-refractivity contribution < 1.29 is 9.53 Å². The fourth-order valence-electron chi connectivity index (χ4n) is 2.48. The van der Waals surface area contributed by atoms with E-state index in [4.69, 9.17) is 4.74 Å². The highest BCUT2D eigenvalue weighted by atomic mass is 16.5. The molecule has 0 spiro atoms. The van der Waals surface area contributed by atoms with E-state index in [1.54, 1.807) is 18.7 Å². The van der Waals surface area contributed by atoms with Crippen LogP contribution in [0.4, 0.5) is 0 Å². The molecule has 0 saturated heterocycles. The Hall–Kier alpha value is -3.15. The van der Waals surface area contributed by atoms with Gasteiger partial charge in [-0.3, -0.25) is 9.36 Å². The maximum atomic E-state index is 12.0. The van der Waals surface area contributed by atoms with Crippen molar-refractivity contribution in [3.8, 4) is 11.6 Å². The minimum atomic E-state index is -0.165. The second-order valence-electron chi connectivity index (χ2n) is 5.78. The first-order valence-corrected chi connectivity index (χ1v) is 8.02. The molecule has 1 N–H and O–H groups in total. The SMILES string of the molecule is Cc1cccc(C)c1OCC(=O)NCc1ccc(-n2ccnc2)nc1. The molecule has 0 unspecified atom stereocenters. The zero-order valence-electron chi connectivity index (χ0n) is 14.3. The fourth-order valence-corrected chi connectivity index (χ4v) is 2.48. The van der Waals surface area contributed by atoms with E-state index in [-0.39, 0.29) is 12.5 Å². The van der Waals surface area contributed by atoms with Crippen molar-refractivity contribution in [2.24, 2.45) is 0 Å². The Morgan fingerprint density at radius 1 is 1.20 bits per heavy atom. The van der Waals surface area contributed by atoms with Crippen LogP contribution in [0.3, 0.4) is 0 Å². The number of imidazole rings is 1. The second-order valence-corrected chi connectivity index (χ2v) is 5.78. The molecule has 0 bridgehead atoms. The first-order valence-electron chi connectivity index (χ1n) is 8.02. The Morgan fingerprint density at radius 3 is 2.64 bits per heavy atom. The molecule has 2 heterocycles. The van der Waals surface area contributed by atoms with E-state index < -0.39 is 0 Å². The van der Waals surface area contributed by atoms with Crippen LogP contribution in [-0.4, -0.2) is 27.0 Å². The lowest BCUT2D eigenvalue weighted by atomic mass is 10.1. The predicted octanol–water partition coefficient (Wildman–Crippen LogP) is 2.58. The number of aromatic nitrogens is 3. The Balaban J connectivity index is 1.51. The van der Waals surface area contributed by atoms with Crippen LogP contribution < -0.4 is 10.1 Å². The normalized spacial score (nSPS) is 10.5. The highest BCUT2D eigenvalue weighted by Crippen LogP contribution is 2.21. The van der Waals surface area contributed by atoms with Gasteiger partial charge in [0, 0.05) is 25.1 Å². The van der Waals surface area contributed by atoms with Gasteiger partial charge in [0.25, 0.3) is 5.91 Å². The fraction of sp³-hybridized carbons (Fsp3) is 0.211. The maximum absolute atomic E-state index is 12.0. The molecule has 6 heteroatoms. The topological polar surface area (TPSA) is 69.0 Å². The smallest absolute Gasteiger partial charge is 0.258 e. The number of nitrogens with zero attached hydrogens (tertiary/aromatic N) is 3. The first-order chi connectivity index (χ1) is 12.1. The van der Waals surface area contributed by atoms with Crippen molar-refractivity contribution in [2.75, 3.05) is 6.61 Å². The molecule has 0 aliphatic carbocycles. The number of nitrogens with one attached hydrogen (secondary N) is 1. The number of hydrogen-bond acceptors (Lipinski definition) is 4. The Kier molecular flexibility index (Phi) is 5.09. The highest BCUT2D eigenvalue weighted by molar-refractivity contribution is 5.77. The molecule has 0 fully saturated rings. The summed E-state index contributed by atoms with van der Waals surface area (Å²) in [6, 6.07) is 9.71. The largest absolute Gasteiger partial charge is 0.483 e. The van der Waals surface area contributed by atoms with E-state index >= 15 is 0 Å². The van der Waals surface area contributed by atoms with Gasteiger partial charge in [0.15, 0.2) is 6.61 Å². The van der Waals surface area contributed by atoms with E-state index in [2.05, 4.69) is 15.3 Å². The van der Waals surface area contributed by atoms with Gasteiger partial charge in [0.1, 0.15) is 17.9 Å². The van der Waals surface area contributed by atoms with Gasteiger partial charge in [-0.1, -0.05) is 24.3 Å². The Bertz CT molecular complexity index is 822. The molecular formula is C19H20N4O2. The number of para-hydroxylation sites is 1. The third-order valence-corrected chi connectivity index (χ3v) is 3.82. The molecule has 128 valence electrons. The van der Waals surface area contributed by atoms with E-state index in [1.807, 2.05) is 54.9 Å². The first kappa shape index (κ1) is 16.7. The number of carbonyl (C=O) groups is 1. The molecule has 1 amide bonds. The maximum Gasteiger partial charge on any atom is 0.258 e. The van der Waals surface area contributed by atoms with E-state index in [1.165, 1.54) is 0 Å². The zero-order chi connectivity index (χ0) is 17.6. The number of carbonyl (C=O) groups excluding carboxylic acids is 1. The van der Waals surface area contributed by atoms with Crippen molar-refractivity contribution in [1.29, 1.82) is 0 Å². The number of rotatable bonds is 6. The molecule has 2 aromatic heterocycles. The molecule has 3 aromatic rings. The van der Waals surface area contributed by atoms with Gasteiger partial charge in [0.2, 0.25) is 0 Å². The minimum Gasteiger partial charge on any atom is -0.483 e. The van der Waals surface area contributed by atoms with E-state index in [0.717, 1.165) is 28.3 Å². The molecule has 6 nitrogen and oxygen atoms in total. The molecule has 1 aromatic carbocycles. The van der Waals surface area contributed by atoms with E-state index in [9.17, 15) is 4.79 Å². The molecule has 3 rings (SSSR count). The predicted molar refractivity (Wildman–Crippen MR) is 94.6 cm³/mol. The van der Waals surface area contributed by atoms with Gasteiger partial charge in [-0.25, -0.2) is 9.97 Å². The van der Waals surface area contributed by atoms with Crippen LogP contribution in [0.1, 0.15) is 16.7 Å². The average Bonchev–Trinajstić information content (AvgIpc) is 3.14. The van der Waals surface area contributed by atoms with Crippen molar-refractivity contribution in [3.05, 3.63) is 71.9 Å². The summed E-state index contributed by atoms with van der Waals surface area (Å²) < 4.78 is 7.47. The third-order valence-electron chi connectivity index (χ3n) is 3.82. The lowest BCUT2D eigenvalue weighted by Crippen LogP contribution is -2.28. The Labute approximate surface area is 146 Å². The van der Waals surface area contributed by atoms with Gasteiger partial charge in [-0.15, -0.1) is 0 Å². The van der Waals surface area contributed by atoms with Gasteiger partial charge in [-0.2, -0.15) is 0 Å². The number of amides is 1. The van der Waals surface area contributed by atoms with Crippen molar-refractivity contribution in [3.63, 3.8) is 0 Å². The lowest BCUT2D eigenvalue weighted by molar-refractivity contribution is -0.123. The van der Waals surface area contributed by atoms with Crippen molar-refractivity contribution in [2.45, 2.75) is 20.4 Å². The van der Waals surface area contributed by atoms with Crippen LogP contribution in [0.15, 0.2) is 55.2 Å². The molecule has 0 atom stereocenters. The minimum absolute atomic E-state index is 0.00770. The van der Waals surface area contributed by atoms with Crippen molar-refractivity contribution >= 4 is 5.91 Å². The summed E-state index contributed by atoms with van der Waals surface area (Å²) in [7, 11) is 0. The van der Waals surface area contributed by atoms with Gasteiger partial charge >= 0.3 is 0 Å². The van der Waals surface area contributed by atoms with Crippen LogP contribution >= 0.6 is 0 Å². The number of ether oxygens (including phenoxy) is 1. The van der Waals surface area contributed by atoms with Crippen LogP contribution in [0, 0.1) is 13.8 Å². The number of pyridine rings is 1. The summed E-state index contributed by atoms with van der Waals surface area (Å²) >= 11 is 0. The van der Waals surface area contributed by atoms with Crippen LogP contribution in [-0.2, 0) is 11.3 Å². The Morgan fingerprint density at radius 2 is 2.00 bits per heavy atom. The van der Waals surface area contributed by atoms with Crippen LogP contribution in [0.2, 0.25) is 0 Å². The number of benzene rings is 1. The summed E-state index contributed by atoms with van der Waals surface area (Å²) in [6.07, 6.45) is 6.96. The number of aryl methyl sites for hydroxylation is 2. The number of hydrogen-bond donors (Lipinski definition) is 1. The zero-order valence-corrected chi connectivity index (χ0v) is 14.3. The summed E-state index contributed by atoms with van der Waals surface area (Å²) in [5.41, 5.74) is 2.96. The van der Waals surface area contributed by atoms with Crippen LogP contribution in [0.5, 0.6) is 5.75 Å². The summed E-state index contributed by atoms with van der Waals surface area (Å²) in [4.78, 5) is 20.3. The quantitative estimate of drug-likeness (QED) is 0.751.